The van der Waals surface area contributed by atoms with Gasteiger partial charge in [-0.1, -0.05) is 19.1 Å². The number of nitrogens with zero attached hydrogens (tertiary/aromatic N) is 4. The highest BCUT2D eigenvalue weighted by molar-refractivity contribution is 5.89. The standard InChI is InChI=1S/C26H32FN5O3/c1-4-30-12-11-25-23(17-30)24(29-32(25)21-9-5-7-19(27)15-21)18-31(13-14-34-2)26(33)28-20-8-6-10-22(16-20)35-3/h5-10,15-16H,4,11-14,17-18H2,1-3H3,(H,28,33). The molecule has 1 N–H and O–H groups in total. The van der Waals surface area contributed by atoms with Crippen LogP contribution in [-0.4, -0.2) is 66.1 Å². The van der Waals surface area contributed by atoms with E-state index in [2.05, 4.69) is 17.1 Å². The first-order valence-corrected chi connectivity index (χ1v) is 11.8. The van der Waals surface area contributed by atoms with Gasteiger partial charge in [-0.2, -0.15) is 5.10 Å². The van der Waals surface area contributed by atoms with Crippen LogP contribution in [0.3, 0.4) is 0 Å². The Hall–Kier alpha value is -3.43. The maximum atomic E-state index is 14.0. The molecule has 0 radical (unpaired) electrons. The molecule has 0 saturated carbocycles. The van der Waals surface area contributed by atoms with Gasteiger partial charge in [-0.15, -0.1) is 0 Å². The lowest BCUT2D eigenvalue weighted by molar-refractivity contribution is 0.152. The monoisotopic (exact) mass is 481 g/mol. The molecule has 1 aromatic heterocycles. The molecule has 0 unspecified atom stereocenters. The average molecular weight is 482 g/mol. The van der Waals surface area contributed by atoms with Crippen molar-refractivity contribution in [2.45, 2.75) is 26.4 Å². The van der Waals surface area contributed by atoms with E-state index in [0.29, 0.717) is 36.8 Å². The summed E-state index contributed by atoms with van der Waals surface area (Å²) in [4.78, 5) is 17.3. The number of nitrogens with one attached hydrogen (secondary N) is 1. The number of anilines is 1. The van der Waals surface area contributed by atoms with Gasteiger partial charge in [0.05, 0.1) is 37.3 Å². The molecule has 3 aromatic rings. The average Bonchev–Trinajstić information content (AvgIpc) is 3.24. The van der Waals surface area contributed by atoms with E-state index in [0.717, 1.165) is 43.0 Å². The third-order valence-electron chi connectivity index (χ3n) is 6.23. The summed E-state index contributed by atoms with van der Waals surface area (Å²) >= 11 is 0. The molecule has 0 aliphatic carbocycles. The lowest BCUT2D eigenvalue weighted by Gasteiger charge is -2.27. The maximum absolute atomic E-state index is 14.0. The Bertz CT molecular complexity index is 1170. The summed E-state index contributed by atoms with van der Waals surface area (Å²) in [7, 11) is 3.20. The molecule has 1 aliphatic rings. The number of rotatable bonds is 9. The van der Waals surface area contributed by atoms with Gasteiger partial charge in [0.1, 0.15) is 11.6 Å². The third kappa shape index (κ3) is 5.80. The summed E-state index contributed by atoms with van der Waals surface area (Å²) in [6, 6.07) is 13.4. The van der Waals surface area contributed by atoms with Crippen molar-refractivity contribution in [1.82, 2.24) is 19.6 Å². The van der Waals surface area contributed by atoms with Gasteiger partial charge >= 0.3 is 6.03 Å². The second-order valence-electron chi connectivity index (χ2n) is 8.46. The molecule has 4 rings (SSSR count). The minimum absolute atomic E-state index is 0.257. The van der Waals surface area contributed by atoms with E-state index < -0.39 is 0 Å². The van der Waals surface area contributed by atoms with Gasteiger partial charge in [0, 0.05) is 50.5 Å². The zero-order valence-electron chi connectivity index (χ0n) is 20.5. The van der Waals surface area contributed by atoms with Crippen LogP contribution in [-0.2, 0) is 24.2 Å². The fourth-order valence-corrected chi connectivity index (χ4v) is 4.30. The number of carbonyl (C=O) groups is 1. The number of halogens is 1. The molecular formula is C26H32FN5O3. The van der Waals surface area contributed by atoms with Crippen LogP contribution >= 0.6 is 0 Å². The lowest BCUT2D eigenvalue weighted by Crippen LogP contribution is -2.37. The molecule has 35 heavy (non-hydrogen) atoms. The van der Waals surface area contributed by atoms with Crippen molar-refractivity contribution in [2.24, 2.45) is 0 Å². The molecule has 186 valence electrons. The van der Waals surface area contributed by atoms with Crippen molar-refractivity contribution in [2.75, 3.05) is 45.8 Å². The molecule has 8 nitrogen and oxygen atoms in total. The number of hydrogen-bond acceptors (Lipinski definition) is 5. The van der Waals surface area contributed by atoms with Crippen molar-refractivity contribution < 1.29 is 18.7 Å². The van der Waals surface area contributed by atoms with Crippen LogP contribution < -0.4 is 10.1 Å². The summed E-state index contributed by atoms with van der Waals surface area (Å²) < 4.78 is 26.3. The van der Waals surface area contributed by atoms with Crippen molar-refractivity contribution in [3.63, 3.8) is 0 Å². The number of fused-ring (bicyclic) bond motifs is 1. The van der Waals surface area contributed by atoms with Gasteiger partial charge in [0.15, 0.2) is 0 Å². The van der Waals surface area contributed by atoms with Gasteiger partial charge < -0.3 is 19.7 Å². The summed E-state index contributed by atoms with van der Waals surface area (Å²) in [5, 5.41) is 7.83. The minimum atomic E-state index is -0.307. The highest BCUT2D eigenvalue weighted by Crippen LogP contribution is 2.27. The predicted octanol–water partition coefficient (Wildman–Crippen LogP) is 4.08. The minimum Gasteiger partial charge on any atom is -0.497 e. The largest absolute Gasteiger partial charge is 0.497 e. The topological polar surface area (TPSA) is 71.9 Å². The molecule has 2 aromatic carbocycles. The molecule has 1 aliphatic heterocycles. The maximum Gasteiger partial charge on any atom is 0.322 e. The Kier molecular flexibility index (Phi) is 7.99. The number of amides is 2. The Morgan fingerprint density at radius 1 is 1.20 bits per heavy atom. The fourth-order valence-electron chi connectivity index (χ4n) is 4.30. The lowest BCUT2D eigenvalue weighted by atomic mass is 10.0. The smallest absolute Gasteiger partial charge is 0.322 e. The third-order valence-corrected chi connectivity index (χ3v) is 6.23. The van der Waals surface area contributed by atoms with Crippen LogP contribution in [0.15, 0.2) is 48.5 Å². The Morgan fingerprint density at radius 3 is 2.77 bits per heavy atom. The van der Waals surface area contributed by atoms with Crippen LogP contribution in [0.4, 0.5) is 14.9 Å². The normalized spacial score (nSPS) is 13.4. The Labute approximate surface area is 205 Å². The van der Waals surface area contributed by atoms with E-state index in [1.165, 1.54) is 12.1 Å². The number of likely N-dealkylation sites (N-methyl/N-ethyl adjacent to an activating group) is 1. The molecule has 0 fully saturated rings. The van der Waals surface area contributed by atoms with E-state index in [9.17, 15) is 9.18 Å². The molecule has 2 amide bonds. The molecular weight excluding hydrogens is 449 g/mol. The summed E-state index contributed by atoms with van der Waals surface area (Å²) in [5.74, 6) is 0.354. The molecule has 0 bridgehead atoms. The second kappa shape index (κ2) is 11.3. The summed E-state index contributed by atoms with van der Waals surface area (Å²) in [6.45, 7) is 5.80. The number of carbonyl (C=O) groups excluding carboxylic acids is 1. The summed E-state index contributed by atoms with van der Waals surface area (Å²) in [6.07, 6.45) is 0.806. The zero-order chi connectivity index (χ0) is 24.8. The first-order chi connectivity index (χ1) is 17.0. The van der Waals surface area contributed by atoms with Crippen LogP contribution in [0.25, 0.3) is 5.69 Å². The summed E-state index contributed by atoms with van der Waals surface area (Å²) in [5.41, 5.74) is 4.29. The highest BCUT2D eigenvalue weighted by Gasteiger charge is 2.27. The first kappa shape index (κ1) is 24.7. The van der Waals surface area contributed by atoms with E-state index in [4.69, 9.17) is 14.6 Å². The predicted molar refractivity (Wildman–Crippen MR) is 132 cm³/mol. The van der Waals surface area contributed by atoms with E-state index in [1.54, 1.807) is 31.3 Å². The van der Waals surface area contributed by atoms with Gasteiger partial charge in [-0.3, -0.25) is 4.90 Å². The van der Waals surface area contributed by atoms with Crippen molar-refractivity contribution in [3.8, 4) is 11.4 Å². The van der Waals surface area contributed by atoms with Crippen LogP contribution in [0.2, 0.25) is 0 Å². The van der Waals surface area contributed by atoms with Gasteiger partial charge in [-0.05, 0) is 36.9 Å². The quantitative estimate of drug-likeness (QED) is 0.499. The van der Waals surface area contributed by atoms with E-state index >= 15 is 0 Å². The van der Waals surface area contributed by atoms with Crippen molar-refractivity contribution >= 4 is 11.7 Å². The van der Waals surface area contributed by atoms with Crippen molar-refractivity contribution in [3.05, 3.63) is 71.3 Å². The second-order valence-corrected chi connectivity index (χ2v) is 8.46. The molecule has 0 atom stereocenters. The molecule has 2 heterocycles. The molecule has 0 spiro atoms. The SMILES string of the molecule is CCN1CCc2c(c(CN(CCOC)C(=O)Nc3cccc(OC)c3)nn2-c2cccc(F)c2)C1. The van der Waals surface area contributed by atoms with E-state index in [-0.39, 0.29) is 11.8 Å². The van der Waals surface area contributed by atoms with E-state index in [1.807, 2.05) is 28.9 Å². The number of hydrogen-bond donors (Lipinski definition) is 1. The highest BCUT2D eigenvalue weighted by atomic mass is 19.1. The van der Waals surface area contributed by atoms with Gasteiger partial charge in [0.25, 0.3) is 0 Å². The van der Waals surface area contributed by atoms with Gasteiger partial charge in [-0.25, -0.2) is 13.9 Å². The van der Waals surface area contributed by atoms with Crippen molar-refractivity contribution in [1.29, 1.82) is 0 Å². The van der Waals surface area contributed by atoms with Gasteiger partial charge in [0.2, 0.25) is 0 Å². The molecule has 0 saturated heterocycles. The number of methoxy groups -OCH3 is 2. The Balaban J connectivity index is 1.64. The number of urea groups is 1. The Morgan fingerprint density at radius 2 is 2.03 bits per heavy atom. The van der Waals surface area contributed by atoms with Crippen LogP contribution in [0, 0.1) is 5.82 Å². The zero-order valence-corrected chi connectivity index (χ0v) is 20.5. The fraction of sp³-hybridized carbons (Fsp3) is 0.385. The first-order valence-electron chi connectivity index (χ1n) is 11.8. The van der Waals surface area contributed by atoms with Crippen LogP contribution in [0.5, 0.6) is 5.75 Å². The number of benzene rings is 2. The van der Waals surface area contributed by atoms with Crippen LogP contribution in [0.1, 0.15) is 23.9 Å². The number of ether oxygens (including phenoxy) is 2. The number of aromatic nitrogens is 2. The molecule has 9 heteroatoms.